The van der Waals surface area contributed by atoms with Crippen LogP contribution in [0, 0.1) is 0 Å². The smallest absolute Gasteiger partial charge is 0.251 e. The van der Waals surface area contributed by atoms with Crippen LogP contribution in [0.1, 0.15) is 43.1 Å². The Labute approximate surface area is 229 Å². The fourth-order valence-corrected chi connectivity index (χ4v) is 6.00. The highest BCUT2D eigenvalue weighted by molar-refractivity contribution is 7.89. The molecule has 1 unspecified atom stereocenters. The Morgan fingerprint density at radius 1 is 0.769 bits per heavy atom. The van der Waals surface area contributed by atoms with Crippen LogP contribution in [0.2, 0.25) is 0 Å². The highest BCUT2D eigenvalue weighted by Gasteiger charge is 2.25. The average molecular weight is 544 g/mol. The Balaban J connectivity index is 1.62. The normalized spacial score (nSPS) is 12.6. The molecule has 39 heavy (non-hydrogen) atoms. The summed E-state index contributed by atoms with van der Waals surface area (Å²) in [6, 6.07) is 27.8. The zero-order valence-electron chi connectivity index (χ0n) is 22.3. The van der Waals surface area contributed by atoms with Crippen LogP contribution >= 0.6 is 0 Å². The highest BCUT2D eigenvalue weighted by atomic mass is 32.2. The number of fused-ring (bicyclic) bond motifs is 1. The monoisotopic (exact) mass is 543 g/mol. The molecule has 4 rings (SSSR count). The van der Waals surface area contributed by atoms with Gasteiger partial charge in [-0.2, -0.15) is 0 Å². The van der Waals surface area contributed by atoms with E-state index in [9.17, 15) is 18.0 Å². The molecule has 0 fully saturated rings. The summed E-state index contributed by atoms with van der Waals surface area (Å²) >= 11 is 0. The van der Waals surface area contributed by atoms with Gasteiger partial charge < -0.3 is 10.6 Å². The number of carbonyl (C=O) groups excluding carboxylic acids is 2. The molecule has 0 heterocycles. The number of anilines is 1. The second-order valence-electron chi connectivity index (χ2n) is 10.4. The molecular weight excluding hydrogens is 510 g/mol. The first kappa shape index (κ1) is 28.0. The first-order valence-electron chi connectivity index (χ1n) is 12.8. The van der Waals surface area contributed by atoms with Gasteiger partial charge in [-0.1, -0.05) is 72.8 Å². The number of benzene rings is 4. The molecule has 0 aliphatic heterocycles. The van der Waals surface area contributed by atoms with Gasteiger partial charge in [-0.25, -0.2) is 13.1 Å². The van der Waals surface area contributed by atoms with E-state index in [2.05, 4.69) is 15.4 Å². The van der Waals surface area contributed by atoms with Crippen molar-refractivity contribution in [2.75, 3.05) is 5.32 Å². The third-order valence-electron chi connectivity index (χ3n) is 6.09. The molecule has 7 nitrogen and oxygen atoms in total. The van der Waals surface area contributed by atoms with E-state index in [0.717, 1.165) is 5.56 Å². The Kier molecular flexibility index (Phi) is 8.47. The van der Waals surface area contributed by atoms with Gasteiger partial charge in [-0.15, -0.1) is 0 Å². The molecule has 2 amide bonds. The SMILES string of the molecule is CC(C)(C)NS(=O)(=O)c1cccc2c(NC(=O)C(CCc3ccccc3)NC(=O)c3ccccc3)cccc12. The van der Waals surface area contributed by atoms with Crippen LogP contribution in [-0.2, 0) is 21.2 Å². The van der Waals surface area contributed by atoms with Crippen molar-refractivity contribution in [3.05, 3.63) is 108 Å². The molecule has 0 saturated carbocycles. The van der Waals surface area contributed by atoms with Crippen LogP contribution in [0.5, 0.6) is 0 Å². The summed E-state index contributed by atoms with van der Waals surface area (Å²) in [4.78, 5) is 26.6. The number of amides is 2. The molecule has 202 valence electrons. The van der Waals surface area contributed by atoms with Crippen molar-refractivity contribution < 1.29 is 18.0 Å². The van der Waals surface area contributed by atoms with Gasteiger partial charge in [0, 0.05) is 27.6 Å². The lowest BCUT2D eigenvalue weighted by atomic mass is 10.0. The molecule has 0 spiro atoms. The topological polar surface area (TPSA) is 104 Å². The van der Waals surface area contributed by atoms with Crippen LogP contribution < -0.4 is 15.4 Å². The molecule has 0 aliphatic carbocycles. The lowest BCUT2D eigenvalue weighted by Gasteiger charge is -2.22. The number of sulfonamides is 1. The van der Waals surface area contributed by atoms with Gasteiger partial charge in [0.15, 0.2) is 0 Å². The number of carbonyl (C=O) groups is 2. The predicted octanol–water partition coefficient (Wildman–Crippen LogP) is 5.29. The fraction of sp³-hybridized carbons (Fsp3) is 0.226. The van der Waals surface area contributed by atoms with Gasteiger partial charge in [0.2, 0.25) is 15.9 Å². The fourth-order valence-electron chi connectivity index (χ4n) is 4.36. The second kappa shape index (κ2) is 11.8. The summed E-state index contributed by atoms with van der Waals surface area (Å²) in [6.45, 7) is 5.34. The molecule has 0 radical (unpaired) electrons. The average Bonchev–Trinajstić information content (AvgIpc) is 2.90. The van der Waals surface area contributed by atoms with Crippen LogP contribution in [0.3, 0.4) is 0 Å². The molecule has 4 aromatic rings. The highest BCUT2D eigenvalue weighted by Crippen LogP contribution is 2.29. The maximum absolute atomic E-state index is 13.6. The van der Waals surface area contributed by atoms with Crippen LogP contribution in [-0.4, -0.2) is 31.8 Å². The molecular formula is C31H33N3O4S. The van der Waals surface area contributed by atoms with E-state index in [1.54, 1.807) is 81.4 Å². The maximum Gasteiger partial charge on any atom is 0.251 e. The predicted molar refractivity (Wildman–Crippen MR) is 155 cm³/mol. The minimum Gasteiger partial charge on any atom is -0.340 e. The summed E-state index contributed by atoms with van der Waals surface area (Å²) in [5, 5.41) is 6.88. The van der Waals surface area contributed by atoms with Gasteiger partial charge in [0.1, 0.15) is 6.04 Å². The van der Waals surface area contributed by atoms with Crippen molar-refractivity contribution >= 4 is 38.3 Å². The largest absolute Gasteiger partial charge is 0.340 e. The zero-order chi connectivity index (χ0) is 28.0. The van der Waals surface area contributed by atoms with E-state index in [0.29, 0.717) is 34.9 Å². The summed E-state index contributed by atoms with van der Waals surface area (Å²) in [6.07, 6.45) is 0.971. The molecule has 0 saturated heterocycles. The third-order valence-corrected chi connectivity index (χ3v) is 7.91. The Morgan fingerprint density at radius 2 is 1.38 bits per heavy atom. The van der Waals surface area contributed by atoms with Crippen molar-refractivity contribution in [2.24, 2.45) is 0 Å². The Bertz CT molecular complexity index is 1560. The molecule has 0 aromatic heterocycles. The van der Waals surface area contributed by atoms with Crippen molar-refractivity contribution in [3.8, 4) is 0 Å². The van der Waals surface area contributed by atoms with E-state index < -0.39 is 21.6 Å². The molecule has 3 N–H and O–H groups in total. The number of hydrogen-bond donors (Lipinski definition) is 3. The zero-order valence-corrected chi connectivity index (χ0v) is 23.1. The van der Waals surface area contributed by atoms with Crippen molar-refractivity contribution in [3.63, 3.8) is 0 Å². The molecule has 1 atom stereocenters. The van der Waals surface area contributed by atoms with Crippen LogP contribution in [0.15, 0.2) is 102 Å². The standard InChI is InChI=1S/C31H33N3O4S/c1-31(2,3)34-39(37,38)28-19-11-16-24-25(28)17-10-18-26(24)32-30(36)27(21-20-22-12-6-4-7-13-22)33-29(35)23-14-8-5-9-15-23/h4-19,27,34H,20-21H2,1-3H3,(H,32,36)(H,33,35). The third kappa shape index (κ3) is 7.31. The molecule has 8 heteroatoms. The first-order chi connectivity index (χ1) is 18.5. The van der Waals surface area contributed by atoms with Crippen LogP contribution in [0.25, 0.3) is 10.8 Å². The number of rotatable bonds is 9. The lowest BCUT2D eigenvalue weighted by molar-refractivity contribution is -0.118. The maximum atomic E-state index is 13.6. The number of aryl methyl sites for hydroxylation is 1. The second-order valence-corrected chi connectivity index (χ2v) is 12.1. The van der Waals surface area contributed by atoms with Gasteiger partial charge in [-0.3, -0.25) is 9.59 Å². The van der Waals surface area contributed by atoms with Crippen molar-refractivity contribution in [1.29, 1.82) is 0 Å². The minimum atomic E-state index is -3.81. The van der Waals surface area contributed by atoms with Gasteiger partial charge in [0.05, 0.1) is 4.90 Å². The Morgan fingerprint density at radius 3 is 2.05 bits per heavy atom. The number of nitrogens with one attached hydrogen (secondary N) is 3. The van der Waals surface area contributed by atoms with E-state index in [4.69, 9.17) is 0 Å². The number of hydrogen-bond acceptors (Lipinski definition) is 4. The van der Waals surface area contributed by atoms with Gasteiger partial charge in [0.25, 0.3) is 5.91 Å². The quantitative estimate of drug-likeness (QED) is 0.267. The summed E-state index contributed by atoms with van der Waals surface area (Å²) in [7, 11) is -3.81. The van der Waals surface area contributed by atoms with Gasteiger partial charge >= 0.3 is 0 Å². The summed E-state index contributed by atoms with van der Waals surface area (Å²) in [5.74, 6) is -0.729. The Hall–Kier alpha value is -4.01. The van der Waals surface area contributed by atoms with E-state index in [1.165, 1.54) is 0 Å². The molecule has 4 aromatic carbocycles. The minimum absolute atomic E-state index is 0.129. The lowest BCUT2D eigenvalue weighted by Crippen LogP contribution is -2.44. The van der Waals surface area contributed by atoms with E-state index >= 15 is 0 Å². The van der Waals surface area contributed by atoms with Crippen molar-refractivity contribution in [1.82, 2.24) is 10.0 Å². The van der Waals surface area contributed by atoms with Crippen LogP contribution in [0.4, 0.5) is 5.69 Å². The van der Waals surface area contributed by atoms with Crippen molar-refractivity contribution in [2.45, 2.75) is 50.1 Å². The van der Waals surface area contributed by atoms with Gasteiger partial charge in [-0.05, 0) is 63.4 Å². The summed E-state index contributed by atoms with van der Waals surface area (Å²) < 4.78 is 29.0. The molecule has 0 bridgehead atoms. The first-order valence-corrected chi connectivity index (χ1v) is 14.3. The van der Waals surface area contributed by atoms with E-state index in [1.807, 2.05) is 36.4 Å². The molecule has 0 aliphatic rings. The summed E-state index contributed by atoms with van der Waals surface area (Å²) in [5.41, 5.74) is 1.32. The van der Waals surface area contributed by atoms with E-state index in [-0.39, 0.29) is 16.7 Å².